The summed E-state index contributed by atoms with van der Waals surface area (Å²) >= 11 is 1.49. The minimum Gasteiger partial charge on any atom is -0.508 e. The number of nitrogens with two attached hydrogens (primary N) is 2. The van der Waals surface area contributed by atoms with Crippen LogP contribution in [0.2, 0.25) is 0 Å². The van der Waals surface area contributed by atoms with Gasteiger partial charge >= 0.3 is 0 Å². The highest BCUT2D eigenvalue weighted by molar-refractivity contribution is 7.98. The van der Waals surface area contributed by atoms with Crippen molar-refractivity contribution in [2.75, 3.05) is 18.6 Å². The van der Waals surface area contributed by atoms with E-state index >= 15 is 0 Å². The predicted octanol–water partition coefficient (Wildman–Crippen LogP) is 1.38. The zero-order valence-electron chi connectivity index (χ0n) is 31.9. The fraction of sp³-hybridized carbons (Fsp3) is 0.538. The Kier molecular flexibility index (Phi) is 17.3. The van der Waals surface area contributed by atoms with Crippen LogP contribution < -0.4 is 32.7 Å². The molecule has 1 fully saturated rings. The van der Waals surface area contributed by atoms with Crippen molar-refractivity contribution in [3.63, 3.8) is 0 Å². The fourth-order valence-electron chi connectivity index (χ4n) is 6.30. The maximum atomic E-state index is 14.0. The largest absolute Gasteiger partial charge is 0.508 e. The van der Waals surface area contributed by atoms with Gasteiger partial charge in [-0.3, -0.25) is 28.8 Å². The van der Waals surface area contributed by atoms with Gasteiger partial charge in [-0.2, -0.15) is 11.8 Å². The second kappa shape index (κ2) is 21.3. The van der Waals surface area contributed by atoms with Gasteiger partial charge in [-0.1, -0.05) is 76.6 Å². The minimum absolute atomic E-state index is 0.0231. The van der Waals surface area contributed by atoms with E-state index in [1.54, 1.807) is 32.9 Å². The van der Waals surface area contributed by atoms with E-state index in [9.17, 15) is 33.9 Å². The molecule has 0 aromatic heterocycles. The highest BCUT2D eigenvalue weighted by atomic mass is 32.2. The van der Waals surface area contributed by atoms with E-state index in [4.69, 9.17) is 11.5 Å². The SMILES string of the molecule is CCC(C)C(NC(=O)C1CCCN1C(=O)C(NC(=O)C(N)Cc1ccccc1)C(C)C)C(=O)NC(Cc1ccc(O)cc1)C(=O)NC(CCSC)C(N)=O. The number of hydrogen-bond acceptors (Lipinski definition) is 9. The Morgan fingerprint density at radius 3 is 2.06 bits per heavy atom. The lowest BCUT2D eigenvalue weighted by Crippen LogP contribution is -2.61. The predicted molar refractivity (Wildman–Crippen MR) is 209 cm³/mol. The first-order chi connectivity index (χ1) is 25.7. The first-order valence-corrected chi connectivity index (χ1v) is 19.9. The Labute approximate surface area is 322 Å². The quantitative estimate of drug-likeness (QED) is 0.103. The number of primary amides is 1. The summed E-state index contributed by atoms with van der Waals surface area (Å²) in [4.78, 5) is 82.2. The number of likely N-dealkylation sites (tertiary alicyclic amines) is 1. The Bertz CT molecular complexity index is 1580. The van der Waals surface area contributed by atoms with Crippen LogP contribution in [0, 0.1) is 11.8 Å². The number of carbonyl (C=O) groups excluding carboxylic acids is 6. The van der Waals surface area contributed by atoms with Crippen molar-refractivity contribution in [2.45, 2.75) is 102 Å². The van der Waals surface area contributed by atoms with E-state index in [2.05, 4.69) is 21.3 Å². The van der Waals surface area contributed by atoms with Gasteiger partial charge in [0, 0.05) is 13.0 Å². The molecule has 0 saturated carbocycles. The average molecular weight is 768 g/mol. The van der Waals surface area contributed by atoms with E-state index in [1.165, 1.54) is 28.8 Å². The van der Waals surface area contributed by atoms with Crippen LogP contribution in [0.1, 0.15) is 64.5 Å². The lowest BCUT2D eigenvalue weighted by Gasteiger charge is -2.33. The molecule has 1 heterocycles. The van der Waals surface area contributed by atoms with Crippen LogP contribution in [0.3, 0.4) is 0 Å². The van der Waals surface area contributed by atoms with E-state index in [-0.39, 0.29) is 24.0 Å². The summed E-state index contributed by atoms with van der Waals surface area (Å²) in [7, 11) is 0. The smallest absolute Gasteiger partial charge is 0.246 e. The van der Waals surface area contributed by atoms with Gasteiger partial charge in [-0.05, 0) is 72.8 Å². The summed E-state index contributed by atoms with van der Waals surface area (Å²) in [6, 6.07) is 9.59. The van der Waals surface area contributed by atoms with Gasteiger partial charge < -0.3 is 42.7 Å². The number of benzene rings is 2. The Balaban J connectivity index is 1.78. The minimum atomic E-state index is -1.16. The lowest BCUT2D eigenvalue weighted by atomic mass is 9.96. The van der Waals surface area contributed by atoms with Gasteiger partial charge in [-0.15, -0.1) is 0 Å². The van der Waals surface area contributed by atoms with E-state index < -0.39 is 71.7 Å². The number of aromatic hydroxyl groups is 1. The molecule has 7 unspecified atom stereocenters. The van der Waals surface area contributed by atoms with Crippen LogP contribution in [0.25, 0.3) is 0 Å². The number of phenolic OH excluding ortho intramolecular Hbond substituents is 1. The normalized spacial score (nSPS) is 17.4. The lowest BCUT2D eigenvalue weighted by molar-refractivity contribution is -0.143. The molecule has 1 aliphatic heterocycles. The zero-order valence-corrected chi connectivity index (χ0v) is 32.7. The van der Waals surface area contributed by atoms with Crippen LogP contribution in [0.15, 0.2) is 54.6 Å². The molecular formula is C39H57N7O7S. The van der Waals surface area contributed by atoms with Crippen molar-refractivity contribution in [2.24, 2.45) is 23.3 Å². The summed E-state index contributed by atoms with van der Waals surface area (Å²) in [5.74, 6) is -3.45. The molecule has 6 amide bonds. The molecular weight excluding hydrogens is 711 g/mol. The number of rotatable bonds is 20. The van der Waals surface area contributed by atoms with Gasteiger partial charge in [-0.25, -0.2) is 0 Å². The van der Waals surface area contributed by atoms with E-state index in [0.717, 1.165) is 5.56 Å². The summed E-state index contributed by atoms with van der Waals surface area (Å²) in [5.41, 5.74) is 13.3. The van der Waals surface area contributed by atoms with Gasteiger partial charge in [0.25, 0.3) is 0 Å². The highest BCUT2D eigenvalue weighted by Crippen LogP contribution is 2.22. The second-order valence-corrected chi connectivity index (χ2v) is 15.3. The molecule has 2 aromatic carbocycles. The summed E-state index contributed by atoms with van der Waals surface area (Å²) in [6.07, 6.45) is 3.88. The summed E-state index contributed by atoms with van der Waals surface area (Å²) in [6.45, 7) is 7.56. The maximum Gasteiger partial charge on any atom is 0.246 e. The number of phenols is 1. The van der Waals surface area contributed by atoms with Gasteiger partial charge in [0.2, 0.25) is 35.4 Å². The molecule has 14 nitrogen and oxygen atoms in total. The van der Waals surface area contributed by atoms with Crippen LogP contribution in [-0.2, 0) is 41.6 Å². The molecule has 9 N–H and O–H groups in total. The first kappa shape index (κ1) is 43.8. The molecule has 3 rings (SSSR count). The maximum absolute atomic E-state index is 14.0. The van der Waals surface area contributed by atoms with Gasteiger partial charge in [0.05, 0.1) is 6.04 Å². The van der Waals surface area contributed by atoms with Crippen molar-refractivity contribution < 1.29 is 33.9 Å². The average Bonchev–Trinajstić information content (AvgIpc) is 3.65. The van der Waals surface area contributed by atoms with Crippen molar-refractivity contribution in [3.05, 3.63) is 65.7 Å². The molecule has 296 valence electrons. The van der Waals surface area contributed by atoms with E-state index in [1.807, 2.05) is 43.5 Å². The molecule has 0 radical (unpaired) electrons. The number of thioether (sulfide) groups is 1. The van der Waals surface area contributed by atoms with Crippen molar-refractivity contribution in [1.29, 1.82) is 0 Å². The molecule has 54 heavy (non-hydrogen) atoms. The Morgan fingerprint density at radius 2 is 1.46 bits per heavy atom. The van der Waals surface area contributed by atoms with Crippen LogP contribution >= 0.6 is 11.8 Å². The third-order valence-corrected chi connectivity index (χ3v) is 10.4. The zero-order chi connectivity index (χ0) is 39.9. The highest BCUT2D eigenvalue weighted by Gasteiger charge is 2.41. The topological polar surface area (TPSA) is 226 Å². The van der Waals surface area contributed by atoms with Crippen LogP contribution in [0.5, 0.6) is 5.75 Å². The molecule has 1 aliphatic rings. The molecule has 2 aromatic rings. The number of amides is 6. The Hall–Kier alpha value is -4.63. The van der Waals surface area contributed by atoms with Gasteiger partial charge in [0.15, 0.2) is 0 Å². The first-order valence-electron chi connectivity index (χ1n) is 18.5. The van der Waals surface area contributed by atoms with Crippen molar-refractivity contribution in [3.8, 4) is 5.75 Å². The van der Waals surface area contributed by atoms with Crippen molar-refractivity contribution in [1.82, 2.24) is 26.2 Å². The number of carbonyl (C=O) groups is 6. The van der Waals surface area contributed by atoms with Gasteiger partial charge in [0.1, 0.15) is 36.0 Å². The molecule has 7 atom stereocenters. The molecule has 0 aliphatic carbocycles. The molecule has 0 bridgehead atoms. The number of nitrogens with one attached hydrogen (secondary N) is 4. The second-order valence-electron chi connectivity index (χ2n) is 14.3. The number of nitrogens with zero attached hydrogens (tertiary/aromatic N) is 1. The molecule has 15 heteroatoms. The monoisotopic (exact) mass is 767 g/mol. The van der Waals surface area contributed by atoms with Crippen LogP contribution in [-0.4, -0.2) is 100 Å². The molecule has 1 saturated heterocycles. The van der Waals surface area contributed by atoms with E-state index in [0.29, 0.717) is 50.0 Å². The van der Waals surface area contributed by atoms with Crippen LogP contribution in [0.4, 0.5) is 0 Å². The fourth-order valence-corrected chi connectivity index (χ4v) is 6.77. The standard InChI is InChI=1S/C39H57N7O7S/c1-6-24(4)33(38(52)43-30(22-26-14-16-27(47)17-15-26)36(50)42-29(34(41)48)18-20-54-5)45-37(51)31-13-10-19-46(31)39(53)32(23(2)3)44-35(49)28(40)21-25-11-8-7-9-12-25/h7-9,11-12,14-17,23-24,28-33,47H,6,10,13,18-22,40H2,1-5H3,(H2,41,48)(H,42,50)(H,43,52)(H,44,49)(H,45,51). The molecule has 0 spiro atoms. The summed E-state index contributed by atoms with van der Waals surface area (Å²) in [5, 5.41) is 20.9. The Morgan fingerprint density at radius 1 is 0.833 bits per heavy atom. The number of hydrogen-bond donors (Lipinski definition) is 7. The third kappa shape index (κ3) is 12.8. The third-order valence-electron chi connectivity index (χ3n) is 9.78. The summed E-state index contributed by atoms with van der Waals surface area (Å²) < 4.78 is 0. The van der Waals surface area contributed by atoms with Crippen molar-refractivity contribution >= 4 is 47.2 Å².